The quantitative estimate of drug-likeness (QED) is 0.519. The Hall–Kier alpha value is -0.340. The number of nitrogens with zero attached hydrogens (tertiary/aromatic N) is 1. The summed E-state index contributed by atoms with van der Waals surface area (Å²) in [7, 11) is 0. The minimum Gasteiger partial charge on any atom is -0.326 e. The van der Waals surface area contributed by atoms with Crippen LogP contribution in [0.4, 0.5) is 0 Å². The highest BCUT2D eigenvalue weighted by atomic mass is 15.2. The standard InChI is InChI=1S/C9H16N2/c10-8-4-1-2-6-11-7-3-5-9(8)11/h3,5,8-9H,1-2,4,6-7,10H2/t8-,9+/m1/s1. The summed E-state index contributed by atoms with van der Waals surface area (Å²) in [5.74, 6) is 0. The molecular formula is C9H16N2. The third kappa shape index (κ3) is 1.33. The minimum absolute atomic E-state index is 0.385. The van der Waals surface area contributed by atoms with E-state index in [2.05, 4.69) is 17.1 Å². The Kier molecular flexibility index (Phi) is 1.96. The van der Waals surface area contributed by atoms with Crippen LogP contribution in [0.1, 0.15) is 19.3 Å². The molecule has 0 aliphatic carbocycles. The van der Waals surface area contributed by atoms with Crippen molar-refractivity contribution in [3.63, 3.8) is 0 Å². The summed E-state index contributed by atoms with van der Waals surface area (Å²) >= 11 is 0. The van der Waals surface area contributed by atoms with Crippen molar-refractivity contribution in [3.8, 4) is 0 Å². The van der Waals surface area contributed by atoms with Crippen molar-refractivity contribution in [1.29, 1.82) is 0 Å². The molecule has 0 spiro atoms. The lowest BCUT2D eigenvalue weighted by molar-refractivity contribution is 0.261. The molecule has 1 fully saturated rings. The van der Waals surface area contributed by atoms with E-state index in [9.17, 15) is 0 Å². The molecule has 0 amide bonds. The Morgan fingerprint density at radius 3 is 3.18 bits per heavy atom. The third-order valence-corrected chi connectivity index (χ3v) is 2.77. The molecule has 11 heavy (non-hydrogen) atoms. The number of hydrogen-bond acceptors (Lipinski definition) is 2. The number of fused-ring (bicyclic) bond motifs is 1. The molecule has 0 unspecified atom stereocenters. The van der Waals surface area contributed by atoms with Crippen molar-refractivity contribution in [2.45, 2.75) is 31.3 Å². The van der Waals surface area contributed by atoms with Crippen LogP contribution in [0.15, 0.2) is 12.2 Å². The zero-order chi connectivity index (χ0) is 7.68. The molecule has 0 aromatic carbocycles. The van der Waals surface area contributed by atoms with Crippen LogP contribution in [0, 0.1) is 0 Å². The molecular weight excluding hydrogens is 136 g/mol. The Morgan fingerprint density at radius 1 is 1.36 bits per heavy atom. The fourth-order valence-corrected chi connectivity index (χ4v) is 2.10. The second kappa shape index (κ2) is 2.95. The summed E-state index contributed by atoms with van der Waals surface area (Å²) in [5.41, 5.74) is 6.03. The van der Waals surface area contributed by atoms with Gasteiger partial charge >= 0.3 is 0 Å². The molecule has 0 aromatic rings. The van der Waals surface area contributed by atoms with Gasteiger partial charge in [0.15, 0.2) is 0 Å². The van der Waals surface area contributed by atoms with Gasteiger partial charge in [-0.25, -0.2) is 0 Å². The molecule has 2 atom stereocenters. The molecule has 0 radical (unpaired) electrons. The molecule has 62 valence electrons. The van der Waals surface area contributed by atoms with Crippen LogP contribution in [0.2, 0.25) is 0 Å². The fraction of sp³-hybridized carbons (Fsp3) is 0.778. The molecule has 2 rings (SSSR count). The zero-order valence-electron chi connectivity index (χ0n) is 6.87. The van der Waals surface area contributed by atoms with Gasteiger partial charge in [-0.2, -0.15) is 0 Å². The maximum absolute atomic E-state index is 6.03. The Morgan fingerprint density at radius 2 is 2.27 bits per heavy atom. The second-order valence-corrected chi connectivity index (χ2v) is 3.57. The second-order valence-electron chi connectivity index (χ2n) is 3.57. The summed E-state index contributed by atoms with van der Waals surface area (Å²) in [6.07, 6.45) is 8.35. The van der Waals surface area contributed by atoms with Crippen LogP contribution in [0.3, 0.4) is 0 Å². The van der Waals surface area contributed by atoms with Crippen LogP contribution in [0.25, 0.3) is 0 Å². The van der Waals surface area contributed by atoms with Crippen molar-refractivity contribution in [2.24, 2.45) is 5.73 Å². The maximum atomic E-state index is 6.03. The highest BCUT2D eigenvalue weighted by Crippen LogP contribution is 2.20. The van der Waals surface area contributed by atoms with Gasteiger partial charge in [-0.1, -0.05) is 18.6 Å². The van der Waals surface area contributed by atoms with Crippen LogP contribution >= 0.6 is 0 Å². The predicted octanol–water partition coefficient (Wildman–Crippen LogP) is 0.738. The topological polar surface area (TPSA) is 29.3 Å². The van der Waals surface area contributed by atoms with Crippen LogP contribution in [-0.4, -0.2) is 30.1 Å². The van der Waals surface area contributed by atoms with Crippen molar-refractivity contribution in [1.82, 2.24) is 4.90 Å². The molecule has 0 saturated carbocycles. The van der Waals surface area contributed by atoms with Crippen LogP contribution in [0.5, 0.6) is 0 Å². The summed E-state index contributed by atoms with van der Waals surface area (Å²) in [6.45, 7) is 2.36. The number of hydrogen-bond donors (Lipinski definition) is 1. The first-order valence-electron chi connectivity index (χ1n) is 4.54. The smallest absolute Gasteiger partial charge is 0.0433 e. The SMILES string of the molecule is N[C@@H]1CCCCN2CC=C[C@@H]12. The molecule has 2 nitrogen and oxygen atoms in total. The summed E-state index contributed by atoms with van der Waals surface area (Å²) in [4.78, 5) is 2.48. The van der Waals surface area contributed by atoms with E-state index in [-0.39, 0.29) is 0 Å². The van der Waals surface area contributed by atoms with Gasteiger partial charge in [0.25, 0.3) is 0 Å². The van der Waals surface area contributed by atoms with Gasteiger partial charge in [0.05, 0.1) is 0 Å². The van der Waals surface area contributed by atoms with E-state index in [1.165, 1.54) is 25.8 Å². The van der Waals surface area contributed by atoms with Gasteiger partial charge in [0.2, 0.25) is 0 Å². The van der Waals surface area contributed by atoms with E-state index in [4.69, 9.17) is 5.73 Å². The lowest BCUT2D eigenvalue weighted by Gasteiger charge is -2.25. The first kappa shape index (κ1) is 7.32. The van der Waals surface area contributed by atoms with Crippen molar-refractivity contribution in [2.75, 3.05) is 13.1 Å². The zero-order valence-corrected chi connectivity index (χ0v) is 6.87. The molecule has 2 heterocycles. The normalized spacial score (nSPS) is 38.6. The lowest BCUT2D eigenvalue weighted by atomic mass is 10.1. The highest BCUT2D eigenvalue weighted by Gasteiger charge is 2.26. The van der Waals surface area contributed by atoms with Gasteiger partial charge < -0.3 is 5.73 Å². The van der Waals surface area contributed by atoms with E-state index < -0.39 is 0 Å². The molecule has 2 heteroatoms. The van der Waals surface area contributed by atoms with Gasteiger partial charge in [-0.15, -0.1) is 0 Å². The summed E-state index contributed by atoms with van der Waals surface area (Å²) < 4.78 is 0. The predicted molar refractivity (Wildman–Crippen MR) is 46.3 cm³/mol. The number of rotatable bonds is 0. The molecule has 2 aliphatic heterocycles. The molecule has 0 aromatic heterocycles. The van der Waals surface area contributed by atoms with Crippen molar-refractivity contribution < 1.29 is 0 Å². The first-order chi connectivity index (χ1) is 5.38. The Labute approximate surface area is 68.1 Å². The average Bonchev–Trinajstić information content (AvgIpc) is 2.40. The van der Waals surface area contributed by atoms with Gasteiger partial charge in [-0.05, 0) is 19.4 Å². The van der Waals surface area contributed by atoms with Crippen LogP contribution in [-0.2, 0) is 0 Å². The van der Waals surface area contributed by atoms with E-state index in [0.717, 1.165) is 6.54 Å². The monoisotopic (exact) mass is 152 g/mol. The average molecular weight is 152 g/mol. The number of nitrogens with two attached hydrogens (primary N) is 1. The van der Waals surface area contributed by atoms with Crippen molar-refractivity contribution in [3.05, 3.63) is 12.2 Å². The van der Waals surface area contributed by atoms with E-state index in [0.29, 0.717) is 12.1 Å². The highest BCUT2D eigenvalue weighted by molar-refractivity contribution is 5.08. The third-order valence-electron chi connectivity index (χ3n) is 2.77. The first-order valence-corrected chi connectivity index (χ1v) is 4.54. The van der Waals surface area contributed by atoms with Gasteiger partial charge in [0, 0.05) is 18.6 Å². The van der Waals surface area contributed by atoms with Gasteiger partial charge in [0.1, 0.15) is 0 Å². The molecule has 1 saturated heterocycles. The van der Waals surface area contributed by atoms with E-state index in [1.807, 2.05) is 0 Å². The molecule has 0 bridgehead atoms. The maximum Gasteiger partial charge on any atom is 0.0433 e. The summed E-state index contributed by atoms with van der Waals surface area (Å²) in [6, 6.07) is 0.939. The minimum atomic E-state index is 0.385. The summed E-state index contributed by atoms with van der Waals surface area (Å²) in [5, 5.41) is 0. The molecule has 2 aliphatic rings. The van der Waals surface area contributed by atoms with E-state index in [1.54, 1.807) is 0 Å². The Balaban J connectivity index is 2.08. The molecule has 2 N–H and O–H groups in total. The fourth-order valence-electron chi connectivity index (χ4n) is 2.10. The van der Waals surface area contributed by atoms with Crippen LogP contribution < -0.4 is 5.73 Å². The van der Waals surface area contributed by atoms with Crippen molar-refractivity contribution >= 4 is 0 Å². The lowest BCUT2D eigenvalue weighted by Crippen LogP contribution is -2.42. The van der Waals surface area contributed by atoms with E-state index >= 15 is 0 Å². The largest absolute Gasteiger partial charge is 0.326 e. The van der Waals surface area contributed by atoms with Gasteiger partial charge in [-0.3, -0.25) is 4.90 Å². The Bertz CT molecular complexity index is 165.